The third-order valence-electron chi connectivity index (χ3n) is 5.90. The van der Waals surface area contributed by atoms with Gasteiger partial charge in [-0.05, 0) is 63.2 Å². The number of pyridine rings is 1. The molecule has 0 unspecified atom stereocenters. The number of nitrogens with zero attached hydrogens (tertiary/aromatic N) is 5. The molecule has 2 aromatic heterocycles. The van der Waals surface area contributed by atoms with Crippen LogP contribution in [0.5, 0.6) is 0 Å². The molecule has 1 saturated heterocycles. The van der Waals surface area contributed by atoms with E-state index in [1.807, 2.05) is 13.8 Å². The molecule has 3 heterocycles. The van der Waals surface area contributed by atoms with Crippen LogP contribution < -0.4 is 9.80 Å². The third kappa shape index (κ3) is 5.38. The molecular formula is C26H26F4N6OS. The average Bonchev–Trinajstić information content (AvgIpc) is 3.45. The fraction of sp³-hybridized carbons (Fsp3) is 0.346. The Morgan fingerprint density at radius 3 is 2.39 bits per heavy atom. The molecule has 0 radical (unpaired) electrons. The van der Waals surface area contributed by atoms with Gasteiger partial charge < -0.3 is 9.88 Å². The van der Waals surface area contributed by atoms with E-state index in [-0.39, 0.29) is 5.11 Å². The molecule has 0 bridgehead atoms. The Morgan fingerprint density at radius 2 is 1.84 bits per heavy atom. The van der Waals surface area contributed by atoms with Crippen molar-refractivity contribution in [2.24, 2.45) is 0 Å². The van der Waals surface area contributed by atoms with Crippen LogP contribution in [0.3, 0.4) is 0 Å². The maximum atomic E-state index is 15.1. The molecule has 38 heavy (non-hydrogen) atoms. The number of H-pyrrole nitrogens is 1. The standard InChI is InChI=1S/C24H20F4N6OS.C2H6/c1-23(2)21(35)33(17-9-6-14(12-29)19(20(17)25)24(26,27)28)22(36)34(23)16-8-7-15(32-13-16)4-3-5-18-30-10-11-31-18;1-2/h6-11,13H,3-5H2,1-2H3,(H,30,31);1-2H3. The van der Waals surface area contributed by atoms with Gasteiger partial charge in [-0.2, -0.15) is 18.4 Å². The summed E-state index contributed by atoms with van der Waals surface area (Å²) < 4.78 is 55.6. The van der Waals surface area contributed by atoms with Gasteiger partial charge in [0.05, 0.1) is 29.2 Å². The van der Waals surface area contributed by atoms with Gasteiger partial charge in [-0.15, -0.1) is 0 Å². The highest BCUT2D eigenvalue weighted by Gasteiger charge is 2.52. The lowest BCUT2D eigenvalue weighted by atomic mass is 10.0. The number of aromatic nitrogens is 3. The number of halogens is 4. The molecule has 0 spiro atoms. The van der Waals surface area contributed by atoms with Gasteiger partial charge in [-0.1, -0.05) is 13.8 Å². The van der Waals surface area contributed by atoms with Crippen LogP contribution >= 0.6 is 12.2 Å². The molecule has 0 saturated carbocycles. The number of carbonyl (C=O) groups excluding carboxylic acids is 1. The first-order valence-electron chi connectivity index (χ1n) is 11.9. The van der Waals surface area contributed by atoms with E-state index >= 15 is 4.39 Å². The minimum absolute atomic E-state index is 0.200. The first-order chi connectivity index (χ1) is 18.0. The number of nitriles is 1. The summed E-state index contributed by atoms with van der Waals surface area (Å²) in [5.74, 6) is -1.58. The zero-order chi connectivity index (χ0) is 28.3. The van der Waals surface area contributed by atoms with Crippen LogP contribution in [0.2, 0.25) is 0 Å². The number of hydrogen-bond acceptors (Lipinski definition) is 5. The minimum Gasteiger partial charge on any atom is -0.349 e. The monoisotopic (exact) mass is 546 g/mol. The van der Waals surface area contributed by atoms with Gasteiger partial charge >= 0.3 is 6.18 Å². The van der Waals surface area contributed by atoms with E-state index in [9.17, 15) is 18.0 Å². The smallest absolute Gasteiger partial charge is 0.349 e. The highest BCUT2D eigenvalue weighted by molar-refractivity contribution is 7.81. The van der Waals surface area contributed by atoms with Crippen molar-refractivity contribution in [2.75, 3.05) is 9.80 Å². The highest BCUT2D eigenvalue weighted by Crippen LogP contribution is 2.41. The summed E-state index contributed by atoms with van der Waals surface area (Å²) in [6.45, 7) is 7.07. The summed E-state index contributed by atoms with van der Waals surface area (Å²) >= 11 is 5.44. The average molecular weight is 547 g/mol. The number of anilines is 2. The van der Waals surface area contributed by atoms with E-state index in [2.05, 4.69) is 15.0 Å². The molecule has 200 valence electrons. The summed E-state index contributed by atoms with van der Waals surface area (Å²) in [6.07, 6.45) is 2.04. The van der Waals surface area contributed by atoms with E-state index in [1.54, 1.807) is 24.5 Å². The number of hydrogen-bond donors (Lipinski definition) is 1. The number of carbonyl (C=O) groups is 1. The van der Waals surface area contributed by atoms with Gasteiger partial charge in [0.1, 0.15) is 16.9 Å². The van der Waals surface area contributed by atoms with Crippen molar-refractivity contribution >= 4 is 34.6 Å². The van der Waals surface area contributed by atoms with Crippen molar-refractivity contribution in [1.29, 1.82) is 5.26 Å². The molecule has 0 atom stereocenters. The Bertz CT molecular complexity index is 1350. The van der Waals surface area contributed by atoms with Crippen molar-refractivity contribution in [2.45, 2.75) is 58.7 Å². The van der Waals surface area contributed by atoms with Gasteiger partial charge in [-0.3, -0.25) is 14.7 Å². The first kappa shape index (κ1) is 28.7. The Hall–Kier alpha value is -3.85. The van der Waals surface area contributed by atoms with E-state index in [0.29, 0.717) is 12.1 Å². The molecule has 1 N–H and O–H groups in total. The SMILES string of the molecule is CC.CC1(C)C(=O)N(c2ccc(C#N)c(C(F)(F)F)c2F)C(=S)N1c1ccc(CCCc2ncc[nH]2)nc1. The number of nitrogens with one attached hydrogen (secondary N) is 1. The maximum absolute atomic E-state index is 15.1. The molecule has 12 heteroatoms. The fourth-order valence-corrected chi connectivity index (χ4v) is 4.63. The highest BCUT2D eigenvalue weighted by atomic mass is 32.1. The lowest BCUT2D eigenvalue weighted by Gasteiger charge is -2.29. The second kappa shape index (κ2) is 11.3. The van der Waals surface area contributed by atoms with Crippen molar-refractivity contribution in [3.8, 4) is 6.07 Å². The normalized spacial score (nSPS) is 14.8. The molecule has 1 aliphatic rings. The predicted molar refractivity (Wildman–Crippen MR) is 139 cm³/mol. The van der Waals surface area contributed by atoms with E-state index < -0.39 is 40.3 Å². The molecular weight excluding hydrogens is 520 g/mol. The Kier molecular flexibility index (Phi) is 8.51. The minimum atomic E-state index is -5.14. The van der Waals surface area contributed by atoms with Crippen LogP contribution in [-0.4, -0.2) is 31.5 Å². The van der Waals surface area contributed by atoms with Gasteiger partial charge in [0, 0.05) is 24.5 Å². The number of thiocarbonyl (C=S) groups is 1. The van der Waals surface area contributed by atoms with E-state index in [0.717, 1.165) is 41.4 Å². The second-order valence-electron chi connectivity index (χ2n) is 8.65. The Morgan fingerprint density at radius 1 is 1.13 bits per heavy atom. The first-order valence-corrected chi connectivity index (χ1v) is 12.3. The molecule has 0 aliphatic carbocycles. The summed E-state index contributed by atoms with van der Waals surface area (Å²) in [6, 6.07) is 6.59. The summed E-state index contributed by atoms with van der Waals surface area (Å²) in [4.78, 5) is 27.1. The Labute approximate surface area is 223 Å². The molecule has 3 aromatic rings. The maximum Gasteiger partial charge on any atom is 0.420 e. The molecule has 1 aliphatic heterocycles. The molecule has 1 amide bonds. The molecule has 4 rings (SSSR count). The zero-order valence-corrected chi connectivity index (χ0v) is 22.0. The van der Waals surface area contributed by atoms with Crippen LogP contribution in [0.25, 0.3) is 0 Å². The van der Waals surface area contributed by atoms with Crippen LogP contribution in [0.15, 0.2) is 42.9 Å². The van der Waals surface area contributed by atoms with E-state index in [4.69, 9.17) is 17.5 Å². The van der Waals surface area contributed by atoms with Crippen LogP contribution in [0, 0.1) is 17.1 Å². The third-order valence-corrected chi connectivity index (χ3v) is 6.27. The summed E-state index contributed by atoms with van der Waals surface area (Å²) in [5, 5.41) is 8.82. The van der Waals surface area contributed by atoms with E-state index in [1.165, 1.54) is 31.0 Å². The number of amides is 1. The van der Waals surface area contributed by atoms with Crippen molar-refractivity contribution in [1.82, 2.24) is 15.0 Å². The number of imidazole rings is 1. The van der Waals surface area contributed by atoms with Gasteiger partial charge in [0.15, 0.2) is 10.9 Å². The number of benzene rings is 1. The number of rotatable bonds is 6. The topological polar surface area (TPSA) is 88.9 Å². The van der Waals surface area contributed by atoms with Gasteiger partial charge in [-0.25, -0.2) is 9.37 Å². The number of aryl methyl sites for hydroxylation is 2. The van der Waals surface area contributed by atoms with Crippen molar-refractivity contribution < 1.29 is 22.4 Å². The van der Waals surface area contributed by atoms with Gasteiger partial charge in [0.25, 0.3) is 5.91 Å². The molecule has 7 nitrogen and oxygen atoms in total. The lowest BCUT2D eigenvalue weighted by molar-refractivity contribution is -0.140. The summed E-state index contributed by atoms with van der Waals surface area (Å²) in [7, 11) is 0. The summed E-state index contributed by atoms with van der Waals surface area (Å²) in [5.41, 5.74) is -3.41. The fourth-order valence-electron chi connectivity index (χ4n) is 4.12. The lowest BCUT2D eigenvalue weighted by Crippen LogP contribution is -2.44. The number of alkyl halides is 3. The second-order valence-corrected chi connectivity index (χ2v) is 9.01. The zero-order valence-electron chi connectivity index (χ0n) is 21.2. The predicted octanol–water partition coefficient (Wildman–Crippen LogP) is 5.95. The van der Waals surface area contributed by atoms with Crippen molar-refractivity contribution in [3.05, 3.63) is 71.3 Å². The quantitative estimate of drug-likeness (QED) is 0.304. The van der Waals surface area contributed by atoms with Crippen LogP contribution in [-0.2, 0) is 23.8 Å². The Balaban J connectivity index is 0.00000195. The van der Waals surface area contributed by atoms with Crippen LogP contribution in [0.1, 0.15) is 56.8 Å². The molecule has 1 aromatic carbocycles. The number of aromatic amines is 1. The van der Waals surface area contributed by atoms with Crippen LogP contribution in [0.4, 0.5) is 28.9 Å². The van der Waals surface area contributed by atoms with Crippen molar-refractivity contribution in [3.63, 3.8) is 0 Å². The van der Waals surface area contributed by atoms with Gasteiger partial charge in [0.2, 0.25) is 0 Å². The largest absolute Gasteiger partial charge is 0.420 e. The molecule has 1 fully saturated rings.